The van der Waals surface area contributed by atoms with Gasteiger partial charge in [0.05, 0.1) is 6.61 Å². The Bertz CT molecular complexity index is 249. The molecule has 106 valence electrons. The van der Waals surface area contributed by atoms with Gasteiger partial charge in [-0.2, -0.15) is 0 Å². The zero-order valence-electron chi connectivity index (χ0n) is 12.1. The van der Waals surface area contributed by atoms with Crippen LogP contribution in [0.5, 0.6) is 0 Å². The third kappa shape index (κ3) is 3.25. The maximum Gasteiger partial charge on any atom is 0.0586 e. The first-order chi connectivity index (χ1) is 8.69. The molecule has 1 aliphatic carbocycles. The van der Waals surface area contributed by atoms with Crippen LogP contribution in [0.1, 0.15) is 45.4 Å². The molecule has 0 aromatic heterocycles. The smallest absolute Gasteiger partial charge is 0.0586 e. The zero-order chi connectivity index (χ0) is 13.0. The minimum absolute atomic E-state index is 0.339. The van der Waals surface area contributed by atoms with Crippen molar-refractivity contribution in [1.29, 1.82) is 0 Å². The molecule has 0 aromatic carbocycles. The highest BCUT2D eigenvalue weighted by molar-refractivity contribution is 4.92. The Morgan fingerprint density at radius 3 is 2.61 bits per heavy atom. The average molecular weight is 254 g/mol. The first-order valence-corrected chi connectivity index (χ1v) is 7.68. The third-order valence-corrected chi connectivity index (χ3v) is 5.14. The standard InChI is InChI=1S/C15H30N2O/c1-13-5-7-15(8-6-13,11-16-2)12-17-9-3-4-14(17)10-18/h13-14,16,18H,3-12H2,1-2H3. The second-order valence-corrected chi connectivity index (χ2v) is 6.66. The van der Waals surface area contributed by atoms with E-state index in [1.54, 1.807) is 0 Å². The van der Waals surface area contributed by atoms with Gasteiger partial charge in [-0.15, -0.1) is 0 Å². The number of hydrogen-bond donors (Lipinski definition) is 2. The van der Waals surface area contributed by atoms with Crippen molar-refractivity contribution in [3.05, 3.63) is 0 Å². The van der Waals surface area contributed by atoms with E-state index in [0.717, 1.165) is 12.5 Å². The van der Waals surface area contributed by atoms with Gasteiger partial charge in [-0.1, -0.05) is 19.8 Å². The van der Waals surface area contributed by atoms with Crippen LogP contribution in [-0.4, -0.2) is 49.3 Å². The predicted molar refractivity (Wildman–Crippen MR) is 75.7 cm³/mol. The van der Waals surface area contributed by atoms with Gasteiger partial charge in [0, 0.05) is 19.1 Å². The average Bonchev–Trinajstić information content (AvgIpc) is 2.80. The first-order valence-electron chi connectivity index (χ1n) is 7.68. The van der Waals surface area contributed by atoms with Crippen LogP contribution in [0.25, 0.3) is 0 Å². The fourth-order valence-electron chi connectivity index (χ4n) is 3.88. The number of aliphatic hydroxyl groups is 1. The first kappa shape index (κ1) is 14.3. The van der Waals surface area contributed by atoms with Crippen molar-refractivity contribution < 1.29 is 5.11 Å². The molecule has 0 bridgehead atoms. The van der Waals surface area contributed by atoms with Crippen LogP contribution in [0.4, 0.5) is 0 Å². The summed E-state index contributed by atoms with van der Waals surface area (Å²) in [5, 5.41) is 12.9. The fourth-order valence-corrected chi connectivity index (χ4v) is 3.88. The van der Waals surface area contributed by atoms with E-state index in [2.05, 4.69) is 24.2 Å². The number of aliphatic hydroxyl groups excluding tert-OH is 1. The second kappa shape index (κ2) is 6.36. The predicted octanol–water partition coefficient (Wildman–Crippen LogP) is 1.86. The summed E-state index contributed by atoms with van der Waals surface area (Å²) in [7, 11) is 2.08. The third-order valence-electron chi connectivity index (χ3n) is 5.14. The van der Waals surface area contributed by atoms with E-state index in [4.69, 9.17) is 0 Å². The minimum Gasteiger partial charge on any atom is -0.395 e. The summed E-state index contributed by atoms with van der Waals surface area (Å²) >= 11 is 0. The van der Waals surface area contributed by atoms with Crippen molar-refractivity contribution in [2.24, 2.45) is 11.3 Å². The lowest BCUT2D eigenvalue weighted by Crippen LogP contribution is -2.47. The molecule has 0 aromatic rings. The van der Waals surface area contributed by atoms with E-state index >= 15 is 0 Å². The lowest BCUT2D eigenvalue weighted by Gasteiger charge is -2.43. The van der Waals surface area contributed by atoms with Crippen LogP contribution in [0, 0.1) is 11.3 Å². The van der Waals surface area contributed by atoms with Gasteiger partial charge in [-0.05, 0) is 50.6 Å². The van der Waals surface area contributed by atoms with Crippen molar-refractivity contribution in [3.8, 4) is 0 Å². The van der Waals surface area contributed by atoms with Gasteiger partial charge in [0.15, 0.2) is 0 Å². The van der Waals surface area contributed by atoms with E-state index in [-0.39, 0.29) is 0 Å². The van der Waals surface area contributed by atoms with Crippen molar-refractivity contribution in [1.82, 2.24) is 10.2 Å². The molecule has 1 saturated carbocycles. The largest absolute Gasteiger partial charge is 0.395 e. The topological polar surface area (TPSA) is 35.5 Å². The second-order valence-electron chi connectivity index (χ2n) is 6.66. The summed E-state index contributed by atoms with van der Waals surface area (Å²) in [4.78, 5) is 2.55. The van der Waals surface area contributed by atoms with Crippen LogP contribution in [-0.2, 0) is 0 Å². The number of likely N-dealkylation sites (tertiary alicyclic amines) is 1. The van der Waals surface area contributed by atoms with Gasteiger partial charge in [0.25, 0.3) is 0 Å². The summed E-state index contributed by atoms with van der Waals surface area (Å²) in [6.07, 6.45) is 7.89. The van der Waals surface area contributed by atoms with Crippen molar-refractivity contribution in [2.45, 2.75) is 51.5 Å². The summed E-state index contributed by atoms with van der Waals surface area (Å²) in [5.41, 5.74) is 0.457. The normalized spacial score (nSPS) is 38.2. The molecule has 1 aliphatic heterocycles. The Labute approximate surface area is 112 Å². The molecular formula is C15H30N2O. The van der Waals surface area contributed by atoms with Crippen molar-refractivity contribution in [2.75, 3.05) is 33.3 Å². The monoisotopic (exact) mass is 254 g/mol. The molecule has 2 aliphatic rings. The maximum absolute atomic E-state index is 9.46. The van der Waals surface area contributed by atoms with E-state index in [9.17, 15) is 5.11 Å². The molecule has 3 nitrogen and oxygen atoms in total. The summed E-state index contributed by atoms with van der Waals surface area (Å²) in [6, 6.07) is 0.429. The van der Waals surface area contributed by atoms with Crippen LogP contribution in [0.3, 0.4) is 0 Å². The van der Waals surface area contributed by atoms with Gasteiger partial charge >= 0.3 is 0 Å². The van der Waals surface area contributed by atoms with E-state index in [1.165, 1.54) is 51.6 Å². The maximum atomic E-state index is 9.46. The van der Waals surface area contributed by atoms with Crippen LogP contribution >= 0.6 is 0 Å². The number of nitrogens with one attached hydrogen (secondary N) is 1. The van der Waals surface area contributed by atoms with Gasteiger partial charge in [0.2, 0.25) is 0 Å². The Morgan fingerprint density at radius 1 is 1.28 bits per heavy atom. The Hall–Kier alpha value is -0.120. The highest BCUT2D eigenvalue weighted by Gasteiger charge is 2.37. The molecule has 0 spiro atoms. The summed E-state index contributed by atoms with van der Waals surface area (Å²) < 4.78 is 0. The van der Waals surface area contributed by atoms with E-state index in [1.807, 2.05) is 0 Å². The van der Waals surface area contributed by atoms with Crippen LogP contribution < -0.4 is 5.32 Å². The minimum atomic E-state index is 0.339. The summed E-state index contributed by atoms with van der Waals surface area (Å²) in [6.45, 7) is 6.23. The lowest BCUT2D eigenvalue weighted by atomic mass is 9.70. The Balaban J connectivity index is 1.97. The molecule has 2 fully saturated rings. The molecule has 1 atom stereocenters. The van der Waals surface area contributed by atoms with Crippen molar-refractivity contribution >= 4 is 0 Å². The molecular weight excluding hydrogens is 224 g/mol. The Morgan fingerprint density at radius 2 is 2.00 bits per heavy atom. The van der Waals surface area contributed by atoms with E-state index < -0.39 is 0 Å². The quantitative estimate of drug-likeness (QED) is 0.786. The van der Waals surface area contributed by atoms with Gasteiger partial charge in [-0.3, -0.25) is 4.90 Å². The SMILES string of the molecule is CNCC1(CN2CCCC2CO)CCC(C)CC1. The fraction of sp³-hybridized carbons (Fsp3) is 1.00. The molecule has 2 rings (SSSR count). The molecule has 0 radical (unpaired) electrons. The molecule has 1 heterocycles. The number of hydrogen-bond acceptors (Lipinski definition) is 3. The van der Waals surface area contributed by atoms with Crippen LogP contribution in [0.15, 0.2) is 0 Å². The Kier molecular flexibility index (Phi) is 5.05. The highest BCUT2D eigenvalue weighted by Crippen LogP contribution is 2.40. The highest BCUT2D eigenvalue weighted by atomic mass is 16.3. The number of rotatable bonds is 5. The lowest BCUT2D eigenvalue weighted by molar-refractivity contribution is 0.0647. The van der Waals surface area contributed by atoms with Gasteiger partial charge in [-0.25, -0.2) is 0 Å². The molecule has 0 amide bonds. The zero-order valence-corrected chi connectivity index (χ0v) is 12.1. The molecule has 18 heavy (non-hydrogen) atoms. The van der Waals surface area contributed by atoms with Gasteiger partial charge in [0.1, 0.15) is 0 Å². The number of nitrogens with zero attached hydrogens (tertiary/aromatic N) is 1. The molecule has 1 unspecified atom stereocenters. The molecule has 2 N–H and O–H groups in total. The molecule has 3 heteroatoms. The van der Waals surface area contributed by atoms with E-state index in [0.29, 0.717) is 18.1 Å². The van der Waals surface area contributed by atoms with Gasteiger partial charge < -0.3 is 10.4 Å². The van der Waals surface area contributed by atoms with Crippen molar-refractivity contribution in [3.63, 3.8) is 0 Å². The summed E-state index contributed by atoms with van der Waals surface area (Å²) in [5.74, 6) is 0.905. The van der Waals surface area contributed by atoms with Crippen LogP contribution in [0.2, 0.25) is 0 Å². The molecule has 1 saturated heterocycles.